The van der Waals surface area contributed by atoms with E-state index in [1.807, 2.05) is 6.07 Å². The Bertz CT molecular complexity index is 321. The third-order valence-corrected chi connectivity index (χ3v) is 4.34. The number of hydrogen-bond acceptors (Lipinski definition) is 1. The molecule has 0 heterocycles. The zero-order valence-electron chi connectivity index (χ0n) is 7.13. The number of rotatable bonds is 2. The molecule has 1 aromatic carbocycles. The van der Waals surface area contributed by atoms with Gasteiger partial charge in [0.05, 0.1) is 0 Å². The molecule has 0 saturated heterocycles. The van der Waals surface area contributed by atoms with Crippen molar-refractivity contribution < 1.29 is 0 Å². The van der Waals surface area contributed by atoms with Gasteiger partial charge in [-0.3, -0.25) is 0 Å². The fourth-order valence-corrected chi connectivity index (χ4v) is 2.09. The van der Waals surface area contributed by atoms with E-state index in [1.54, 1.807) is 0 Å². The highest BCUT2D eigenvalue weighted by Crippen LogP contribution is 2.40. The number of nitrogens with two attached hydrogens (primary N) is 1. The summed E-state index contributed by atoms with van der Waals surface area (Å²) in [5, 5.41) is 0. The minimum Gasteiger partial charge on any atom is -0.324 e. The van der Waals surface area contributed by atoms with Gasteiger partial charge in [0.1, 0.15) is 0 Å². The van der Waals surface area contributed by atoms with Crippen molar-refractivity contribution in [3.05, 3.63) is 32.7 Å². The van der Waals surface area contributed by atoms with Gasteiger partial charge in [0, 0.05) is 15.0 Å². The molecule has 70 valence electrons. The van der Waals surface area contributed by atoms with Gasteiger partial charge >= 0.3 is 0 Å². The van der Waals surface area contributed by atoms with Crippen molar-refractivity contribution >= 4 is 31.9 Å². The smallest absolute Gasteiger partial charge is 0.0323 e. The Labute approximate surface area is 95.0 Å². The van der Waals surface area contributed by atoms with Crippen LogP contribution in [0.5, 0.6) is 0 Å². The molecule has 1 aliphatic rings. The SMILES string of the molecule is N[C@H](c1ccc(Br)c(Br)c1)C1CC1. The van der Waals surface area contributed by atoms with Crippen molar-refractivity contribution in [2.24, 2.45) is 11.7 Å². The molecule has 3 heteroatoms. The molecule has 2 rings (SSSR count). The third kappa shape index (κ3) is 2.14. The van der Waals surface area contributed by atoms with Gasteiger partial charge in [-0.05, 0) is 68.3 Å². The Kier molecular flexibility index (Phi) is 2.77. The third-order valence-electron chi connectivity index (χ3n) is 2.46. The molecular formula is C10H11Br2N. The second-order valence-corrected chi connectivity index (χ2v) is 5.25. The highest BCUT2D eigenvalue weighted by Gasteiger charge is 2.29. The first-order valence-corrected chi connectivity index (χ1v) is 5.97. The van der Waals surface area contributed by atoms with Gasteiger partial charge in [0.15, 0.2) is 0 Å². The minimum absolute atomic E-state index is 0.226. The maximum Gasteiger partial charge on any atom is 0.0323 e. The molecule has 0 bridgehead atoms. The first-order chi connectivity index (χ1) is 6.18. The maximum absolute atomic E-state index is 6.08. The predicted molar refractivity (Wildman–Crippen MR) is 61.5 cm³/mol. The highest BCUT2D eigenvalue weighted by molar-refractivity contribution is 9.13. The Hall–Kier alpha value is 0.140. The molecule has 0 aromatic heterocycles. The molecule has 2 N–H and O–H groups in total. The fourth-order valence-electron chi connectivity index (χ4n) is 1.45. The Morgan fingerprint density at radius 3 is 2.46 bits per heavy atom. The highest BCUT2D eigenvalue weighted by atomic mass is 79.9. The Balaban J connectivity index is 2.24. The Morgan fingerprint density at radius 2 is 1.92 bits per heavy atom. The van der Waals surface area contributed by atoms with Crippen LogP contribution in [0, 0.1) is 5.92 Å². The van der Waals surface area contributed by atoms with Crippen molar-refractivity contribution in [3.63, 3.8) is 0 Å². The van der Waals surface area contributed by atoms with Crippen LogP contribution in [0.25, 0.3) is 0 Å². The van der Waals surface area contributed by atoms with Crippen LogP contribution in [-0.2, 0) is 0 Å². The summed E-state index contributed by atoms with van der Waals surface area (Å²) in [6.07, 6.45) is 2.57. The van der Waals surface area contributed by atoms with Gasteiger partial charge in [-0.1, -0.05) is 6.07 Å². The molecule has 1 aliphatic carbocycles. The fraction of sp³-hybridized carbons (Fsp3) is 0.400. The van der Waals surface area contributed by atoms with Crippen LogP contribution in [-0.4, -0.2) is 0 Å². The van der Waals surface area contributed by atoms with Gasteiger partial charge < -0.3 is 5.73 Å². The largest absolute Gasteiger partial charge is 0.324 e. The van der Waals surface area contributed by atoms with Gasteiger partial charge in [0.25, 0.3) is 0 Å². The summed E-state index contributed by atoms with van der Waals surface area (Å²) in [4.78, 5) is 0. The average molecular weight is 305 g/mol. The topological polar surface area (TPSA) is 26.0 Å². The van der Waals surface area contributed by atoms with Crippen molar-refractivity contribution in [3.8, 4) is 0 Å². The summed E-state index contributed by atoms with van der Waals surface area (Å²) in [5.74, 6) is 0.716. The number of benzene rings is 1. The predicted octanol–water partition coefficient (Wildman–Crippen LogP) is 3.62. The van der Waals surface area contributed by atoms with E-state index in [0.29, 0.717) is 5.92 Å². The van der Waals surface area contributed by atoms with Crippen molar-refractivity contribution in [1.82, 2.24) is 0 Å². The van der Waals surface area contributed by atoms with E-state index in [4.69, 9.17) is 5.73 Å². The number of hydrogen-bond donors (Lipinski definition) is 1. The van der Waals surface area contributed by atoms with Gasteiger partial charge in [-0.25, -0.2) is 0 Å². The quantitative estimate of drug-likeness (QED) is 0.887. The van der Waals surface area contributed by atoms with E-state index in [9.17, 15) is 0 Å². The second-order valence-electron chi connectivity index (χ2n) is 3.54. The minimum atomic E-state index is 0.226. The molecular weight excluding hydrogens is 294 g/mol. The van der Waals surface area contributed by atoms with Crippen molar-refractivity contribution in [2.45, 2.75) is 18.9 Å². The van der Waals surface area contributed by atoms with Gasteiger partial charge in [0.2, 0.25) is 0 Å². The summed E-state index contributed by atoms with van der Waals surface area (Å²) in [5.41, 5.74) is 7.32. The molecule has 1 saturated carbocycles. The summed E-state index contributed by atoms with van der Waals surface area (Å²) in [7, 11) is 0. The van der Waals surface area contributed by atoms with E-state index >= 15 is 0 Å². The molecule has 1 nitrogen and oxygen atoms in total. The molecule has 0 unspecified atom stereocenters. The lowest BCUT2D eigenvalue weighted by Crippen LogP contribution is -2.12. The summed E-state index contributed by atoms with van der Waals surface area (Å²) < 4.78 is 2.17. The van der Waals surface area contributed by atoms with Crippen molar-refractivity contribution in [2.75, 3.05) is 0 Å². The van der Waals surface area contributed by atoms with E-state index in [1.165, 1.54) is 18.4 Å². The molecule has 1 aromatic rings. The van der Waals surface area contributed by atoms with Crippen LogP contribution >= 0.6 is 31.9 Å². The van der Waals surface area contributed by atoms with Crippen LogP contribution < -0.4 is 5.73 Å². The zero-order chi connectivity index (χ0) is 9.42. The molecule has 13 heavy (non-hydrogen) atoms. The lowest BCUT2D eigenvalue weighted by atomic mass is 10.0. The molecule has 0 aliphatic heterocycles. The summed E-state index contributed by atoms with van der Waals surface area (Å²) >= 11 is 6.92. The number of halogens is 2. The van der Waals surface area contributed by atoms with Gasteiger partial charge in [-0.15, -0.1) is 0 Å². The molecule has 0 amide bonds. The first-order valence-electron chi connectivity index (χ1n) is 4.39. The normalized spacial score (nSPS) is 18.7. The van der Waals surface area contributed by atoms with Crippen LogP contribution in [0.3, 0.4) is 0 Å². The zero-order valence-corrected chi connectivity index (χ0v) is 10.3. The van der Waals surface area contributed by atoms with E-state index < -0.39 is 0 Å². The Morgan fingerprint density at radius 1 is 1.23 bits per heavy atom. The monoisotopic (exact) mass is 303 g/mol. The summed E-state index contributed by atoms with van der Waals surface area (Å²) in [6.45, 7) is 0. The first kappa shape index (κ1) is 9.69. The molecule has 0 spiro atoms. The standard InChI is InChI=1S/C10H11Br2N/c11-8-4-3-7(5-9(8)12)10(13)6-1-2-6/h3-6,10H,1-2,13H2/t10-/m0/s1. The van der Waals surface area contributed by atoms with Crippen LogP contribution in [0.2, 0.25) is 0 Å². The average Bonchev–Trinajstić information content (AvgIpc) is 2.91. The van der Waals surface area contributed by atoms with Crippen LogP contribution in [0.15, 0.2) is 27.1 Å². The van der Waals surface area contributed by atoms with Gasteiger partial charge in [-0.2, -0.15) is 0 Å². The molecule has 1 fully saturated rings. The lowest BCUT2D eigenvalue weighted by molar-refractivity contribution is 0.633. The molecule has 1 atom stereocenters. The van der Waals surface area contributed by atoms with Crippen LogP contribution in [0.1, 0.15) is 24.4 Å². The second kappa shape index (κ2) is 3.71. The summed E-state index contributed by atoms with van der Waals surface area (Å²) in [6, 6.07) is 6.47. The lowest BCUT2D eigenvalue weighted by Gasteiger charge is -2.11. The van der Waals surface area contributed by atoms with E-state index in [0.717, 1.165) is 8.95 Å². The van der Waals surface area contributed by atoms with Crippen molar-refractivity contribution in [1.29, 1.82) is 0 Å². The van der Waals surface area contributed by atoms with Crippen LogP contribution in [0.4, 0.5) is 0 Å². The van der Waals surface area contributed by atoms with E-state index in [-0.39, 0.29) is 6.04 Å². The van der Waals surface area contributed by atoms with E-state index in [2.05, 4.69) is 44.0 Å². The maximum atomic E-state index is 6.08. The molecule has 0 radical (unpaired) electrons.